The summed E-state index contributed by atoms with van der Waals surface area (Å²) in [5.41, 5.74) is 0.433. The molecule has 0 radical (unpaired) electrons. The molecule has 0 atom stereocenters. The average Bonchev–Trinajstić information content (AvgIpc) is 2.70. The summed E-state index contributed by atoms with van der Waals surface area (Å²) in [6, 6.07) is 9.10. The van der Waals surface area contributed by atoms with E-state index in [2.05, 4.69) is 0 Å². The lowest BCUT2D eigenvalue weighted by Gasteiger charge is -2.15. The van der Waals surface area contributed by atoms with Crippen molar-refractivity contribution in [2.45, 2.75) is 0 Å². The summed E-state index contributed by atoms with van der Waals surface area (Å²) < 4.78 is 26.6. The van der Waals surface area contributed by atoms with E-state index in [0.717, 1.165) is 16.2 Å². The van der Waals surface area contributed by atoms with Gasteiger partial charge in [0.1, 0.15) is 0 Å². The van der Waals surface area contributed by atoms with Crippen molar-refractivity contribution in [3.05, 3.63) is 35.9 Å². The fourth-order valence-electron chi connectivity index (χ4n) is 3.08. The van der Waals surface area contributed by atoms with Crippen molar-refractivity contribution in [2.24, 2.45) is 0 Å². The second kappa shape index (κ2) is 7.00. The van der Waals surface area contributed by atoms with Gasteiger partial charge in [0, 0.05) is 5.39 Å². The molecule has 3 aromatic carbocycles. The summed E-state index contributed by atoms with van der Waals surface area (Å²) in [4.78, 5) is 12.4. The fraction of sp³-hybridized carbons (Fsp3) is 0.250. The SMILES string of the molecule is COC(=O)c1cc2cc(OC)c(OC)cc2c2cc(OC)c(OC)cc12. The van der Waals surface area contributed by atoms with Gasteiger partial charge in [-0.1, -0.05) is 0 Å². The molecule has 0 aliphatic carbocycles. The zero-order valence-electron chi connectivity index (χ0n) is 15.3. The maximum atomic E-state index is 12.4. The number of carbonyl (C=O) groups excluding carboxylic acids is 1. The Labute approximate surface area is 151 Å². The predicted octanol–water partition coefficient (Wildman–Crippen LogP) is 3.81. The quantitative estimate of drug-likeness (QED) is 0.512. The van der Waals surface area contributed by atoms with Gasteiger partial charge in [0.2, 0.25) is 0 Å². The minimum atomic E-state index is -0.432. The number of benzene rings is 3. The first-order chi connectivity index (χ1) is 12.6. The number of rotatable bonds is 5. The van der Waals surface area contributed by atoms with Gasteiger partial charge in [0.25, 0.3) is 0 Å². The van der Waals surface area contributed by atoms with Gasteiger partial charge in [-0.2, -0.15) is 0 Å². The van der Waals surface area contributed by atoms with Crippen molar-refractivity contribution in [2.75, 3.05) is 35.5 Å². The first kappa shape index (κ1) is 17.7. The predicted molar refractivity (Wildman–Crippen MR) is 99.0 cm³/mol. The molecule has 0 bridgehead atoms. The second-order valence-corrected chi connectivity index (χ2v) is 5.60. The standard InChI is InChI=1S/C20H20O6/c1-22-16-7-11-6-15(20(21)26-5)14-10-19(25-4)18(24-3)9-13(14)12(11)8-17(16)23-2/h6-10H,1-5H3. The third kappa shape index (κ3) is 2.73. The van der Waals surface area contributed by atoms with E-state index in [4.69, 9.17) is 23.7 Å². The van der Waals surface area contributed by atoms with Crippen molar-refractivity contribution in [3.8, 4) is 23.0 Å². The Kier molecular flexibility index (Phi) is 4.75. The van der Waals surface area contributed by atoms with Crippen LogP contribution in [0.3, 0.4) is 0 Å². The molecule has 0 aromatic heterocycles. The van der Waals surface area contributed by atoms with E-state index in [1.54, 1.807) is 40.6 Å². The topological polar surface area (TPSA) is 63.2 Å². The van der Waals surface area contributed by atoms with Crippen molar-refractivity contribution in [1.82, 2.24) is 0 Å². The highest BCUT2D eigenvalue weighted by Gasteiger charge is 2.18. The molecule has 0 spiro atoms. The van der Waals surface area contributed by atoms with Gasteiger partial charge in [-0.15, -0.1) is 0 Å². The first-order valence-electron chi connectivity index (χ1n) is 7.90. The van der Waals surface area contributed by atoms with Crippen LogP contribution in [0.2, 0.25) is 0 Å². The van der Waals surface area contributed by atoms with Gasteiger partial charge in [0.05, 0.1) is 41.1 Å². The molecule has 6 nitrogen and oxygen atoms in total. The molecular formula is C20H20O6. The summed E-state index contributed by atoms with van der Waals surface area (Å²) in [6.45, 7) is 0. The molecule has 26 heavy (non-hydrogen) atoms. The monoisotopic (exact) mass is 356 g/mol. The highest BCUT2D eigenvalue weighted by atomic mass is 16.5. The molecule has 0 saturated heterocycles. The number of hydrogen-bond donors (Lipinski definition) is 0. The van der Waals surface area contributed by atoms with Gasteiger partial charge >= 0.3 is 5.97 Å². The van der Waals surface area contributed by atoms with Crippen LogP contribution in [0, 0.1) is 0 Å². The van der Waals surface area contributed by atoms with Crippen LogP contribution in [0.25, 0.3) is 21.5 Å². The maximum Gasteiger partial charge on any atom is 0.338 e. The summed E-state index contributed by atoms with van der Waals surface area (Å²) in [6.07, 6.45) is 0. The molecule has 0 unspecified atom stereocenters. The van der Waals surface area contributed by atoms with Crippen LogP contribution >= 0.6 is 0 Å². The van der Waals surface area contributed by atoms with Crippen LogP contribution in [0.1, 0.15) is 10.4 Å². The fourth-order valence-corrected chi connectivity index (χ4v) is 3.08. The third-order valence-corrected chi connectivity index (χ3v) is 4.36. The molecule has 0 saturated carbocycles. The van der Waals surface area contributed by atoms with Crippen LogP contribution in [-0.4, -0.2) is 41.5 Å². The number of hydrogen-bond acceptors (Lipinski definition) is 6. The lowest BCUT2D eigenvalue weighted by molar-refractivity contribution is 0.0603. The normalized spacial score (nSPS) is 10.7. The Morgan fingerprint density at radius 2 is 1.08 bits per heavy atom. The smallest absolute Gasteiger partial charge is 0.338 e. The zero-order valence-corrected chi connectivity index (χ0v) is 15.3. The summed E-state index contributed by atoms with van der Waals surface area (Å²) in [5, 5.41) is 3.24. The van der Waals surface area contributed by atoms with Crippen LogP contribution < -0.4 is 18.9 Å². The van der Waals surface area contributed by atoms with E-state index >= 15 is 0 Å². The Hall–Kier alpha value is -3.15. The molecule has 0 fully saturated rings. The number of carbonyl (C=O) groups is 1. The number of ether oxygens (including phenoxy) is 5. The Balaban J connectivity index is 2.50. The maximum absolute atomic E-state index is 12.4. The largest absolute Gasteiger partial charge is 0.493 e. The number of fused-ring (bicyclic) bond motifs is 3. The highest BCUT2D eigenvalue weighted by Crippen LogP contribution is 2.41. The lowest BCUT2D eigenvalue weighted by atomic mass is 9.96. The van der Waals surface area contributed by atoms with E-state index in [0.29, 0.717) is 33.9 Å². The Morgan fingerprint density at radius 1 is 0.615 bits per heavy atom. The van der Waals surface area contributed by atoms with Gasteiger partial charge in [0.15, 0.2) is 23.0 Å². The van der Waals surface area contributed by atoms with Gasteiger partial charge in [-0.3, -0.25) is 0 Å². The molecule has 0 amide bonds. The van der Waals surface area contributed by atoms with Crippen LogP contribution in [0.4, 0.5) is 0 Å². The highest BCUT2D eigenvalue weighted by molar-refractivity contribution is 6.17. The molecule has 3 rings (SSSR count). The van der Waals surface area contributed by atoms with Crippen molar-refractivity contribution in [3.63, 3.8) is 0 Å². The Morgan fingerprint density at radius 3 is 1.58 bits per heavy atom. The van der Waals surface area contributed by atoms with E-state index in [9.17, 15) is 4.79 Å². The molecule has 0 aliphatic rings. The second-order valence-electron chi connectivity index (χ2n) is 5.60. The molecular weight excluding hydrogens is 336 g/mol. The molecule has 0 aliphatic heterocycles. The van der Waals surface area contributed by atoms with Crippen LogP contribution in [-0.2, 0) is 4.74 Å². The number of esters is 1. The van der Waals surface area contributed by atoms with E-state index < -0.39 is 5.97 Å². The first-order valence-corrected chi connectivity index (χ1v) is 7.90. The van der Waals surface area contributed by atoms with Crippen molar-refractivity contribution in [1.29, 1.82) is 0 Å². The molecule has 3 aromatic rings. The molecule has 136 valence electrons. The van der Waals surface area contributed by atoms with E-state index in [1.807, 2.05) is 18.2 Å². The zero-order chi connectivity index (χ0) is 18.8. The van der Waals surface area contributed by atoms with E-state index in [-0.39, 0.29) is 0 Å². The summed E-state index contributed by atoms with van der Waals surface area (Å²) in [5.74, 6) is 1.85. The van der Waals surface area contributed by atoms with Crippen LogP contribution in [0.15, 0.2) is 30.3 Å². The average molecular weight is 356 g/mol. The molecule has 6 heteroatoms. The minimum absolute atomic E-state index is 0.432. The summed E-state index contributed by atoms with van der Waals surface area (Å²) in [7, 11) is 7.63. The van der Waals surface area contributed by atoms with Crippen LogP contribution in [0.5, 0.6) is 23.0 Å². The van der Waals surface area contributed by atoms with Gasteiger partial charge < -0.3 is 23.7 Å². The molecule has 0 N–H and O–H groups in total. The van der Waals surface area contributed by atoms with E-state index in [1.165, 1.54) is 7.11 Å². The third-order valence-electron chi connectivity index (χ3n) is 4.36. The molecule has 0 heterocycles. The van der Waals surface area contributed by atoms with Crippen molar-refractivity contribution >= 4 is 27.5 Å². The Bertz CT molecular complexity index is 993. The van der Waals surface area contributed by atoms with Gasteiger partial charge in [-0.25, -0.2) is 4.79 Å². The van der Waals surface area contributed by atoms with Gasteiger partial charge in [-0.05, 0) is 46.5 Å². The lowest BCUT2D eigenvalue weighted by Crippen LogP contribution is -2.03. The minimum Gasteiger partial charge on any atom is -0.493 e. The van der Waals surface area contributed by atoms with Crippen molar-refractivity contribution < 1.29 is 28.5 Å². The number of methoxy groups -OCH3 is 5. The summed E-state index contributed by atoms with van der Waals surface area (Å²) >= 11 is 0.